The minimum atomic E-state index is -1.30. The zero-order chi connectivity index (χ0) is 16.4. The number of aliphatic hydroxyl groups is 1. The predicted octanol–water partition coefficient (Wildman–Crippen LogP) is 0.316. The number of carbonyl (C=O) groups is 2. The number of aldehydes is 1. The summed E-state index contributed by atoms with van der Waals surface area (Å²) in [6, 6.07) is 5.37. The van der Waals surface area contributed by atoms with Crippen molar-refractivity contribution >= 4 is 12.2 Å². The van der Waals surface area contributed by atoms with Crippen molar-refractivity contribution in [1.82, 2.24) is 5.32 Å². The molecule has 0 spiro atoms. The van der Waals surface area contributed by atoms with Crippen molar-refractivity contribution in [2.24, 2.45) is 0 Å². The lowest BCUT2D eigenvalue weighted by atomic mass is 10.1. The van der Waals surface area contributed by atoms with E-state index in [0.29, 0.717) is 30.8 Å². The van der Waals surface area contributed by atoms with E-state index in [1.54, 1.807) is 12.1 Å². The highest BCUT2D eigenvalue weighted by atomic mass is 16.5. The van der Waals surface area contributed by atoms with Crippen LogP contribution < -0.4 is 14.8 Å². The number of hydrogen-bond acceptors (Lipinski definition) is 5. The largest absolute Gasteiger partial charge is 0.493 e. The molecule has 0 aromatic heterocycles. The van der Waals surface area contributed by atoms with Crippen LogP contribution in [0.2, 0.25) is 0 Å². The molecule has 0 saturated heterocycles. The number of benzene rings is 1. The summed E-state index contributed by atoms with van der Waals surface area (Å²) in [6.07, 6.45) is 4.68. The average Bonchev–Trinajstić information content (AvgIpc) is 2.53. The number of ether oxygens (including phenoxy) is 2. The van der Waals surface area contributed by atoms with Crippen LogP contribution in [0.15, 0.2) is 18.2 Å². The molecule has 1 unspecified atom stereocenters. The summed E-state index contributed by atoms with van der Waals surface area (Å²) < 4.78 is 10.6. The maximum absolute atomic E-state index is 11.4. The summed E-state index contributed by atoms with van der Waals surface area (Å²) >= 11 is 0. The van der Waals surface area contributed by atoms with Gasteiger partial charge in [-0.1, -0.05) is 12.0 Å². The van der Waals surface area contributed by atoms with Crippen LogP contribution in [0.3, 0.4) is 0 Å². The Morgan fingerprint density at radius 1 is 1.50 bits per heavy atom. The summed E-state index contributed by atoms with van der Waals surface area (Å²) in [5.74, 6) is 2.92. The minimum Gasteiger partial charge on any atom is -0.493 e. The van der Waals surface area contributed by atoms with Crippen molar-refractivity contribution < 1.29 is 24.2 Å². The Kier molecular flexibility index (Phi) is 7.51. The van der Waals surface area contributed by atoms with Gasteiger partial charge in [0.15, 0.2) is 11.5 Å². The molecule has 1 aromatic carbocycles. The maximum atomic E-state index is 11.4. The van der Waals surface area contributed by atoms with Crippen LogP contribution in [0, 0.1) is 12.3 Å². The molecule has 0 aliphatic carbocycles. The highest BCUT2D eigenvalue weighted by Gasteiger charge is 2.13. The molecule has 6 heteroatoms. The molecule has 1 atom stereocenters. The molecule has 2 N–H and O–H groups in total. The Morgan fingerprint density at radius 3 is 2.91 bits per heavy atom. The number of nitrogens with one attached hydrogen (secondary N) is 1. The topological polar surface area (TPSA) is 84.9 Å². The number of hydrogen-bond donors (Lipinski definition) is 2. The lowest BCUT2D eigenvalue weighted by Crippen LogP contribution is -2.35. The van der Waals surface area contributed by atoms with Gasteiger partial charge >= 0.3 is 0 Å². The molecule has 0 aliphatic rings. The molecule has 6 nitrogen and oxygen atoms in total. The van der Waals surface area contributed by atoms with Gasteiger partial charge in [0.05, 0.1) is 7.11 Å². The van der Waals surface area contributed by atoms with Crippen LogP contribution >= 0.6 is 0 Å². The molecule has 0 saturated carbocycles. The van der Waals surface area contributed by atoms with Gasteiger partial charge in [-0.2, -0.15) is 0 Å². The second-order valence-electron chi connectivity index (χ2n) is 4.44. The van der Waals surface area contributed by atoms with Crippen LogP contribution in [0.1, 0.15) is 12.0 Å². The van der Waals surface area contributed by atoms with Crippen LogP contribution in [0.4, 0.5) is 0 Å². The number of methoxy groups -OCH3 is 1. The van der Waals surface area contributed by atoms with Crippen molar-refractivity contribution in [1.29, 1.82) is 0 Å². The van der Waals surface area contributed by atoms with Crippen LogP contribution in [0.25, 0.3) is 0 Å². The summed E-state index contributed by atoms with van der Waals surface area (Å²) in [5, 5.41) is 11.9. The van der Waals surface area contributed by atoms with E-state index in [9.17, 15) is 14.7 Å². The third-order valence-electron chi connectivity index (χ3n) is 2.87. The minimum absolute atomic E-state index is 0.153. The zero-order valence-electron chi connectivity index (χ0n) is 12.4. The molecule has 1 rings (SSSR count). The Bertz CT molecular complexity index is 550. The van der Waals surface area contributed by atoms with E-state index in [2.05, 4.69) is 11.2 Å². The van der Waals surface area contributed by atoms with Crippen molar-refractivity contribution in [3.8, 4) is 23.8 Å². The fourth-order valence-electron chi connectivity index (χ4n) is 1.75. The summed E-state index contributed by atoms with van der Waals surface area (Å²) in [6.45, 7) is 0.489. The van der Waals surface area contributed by atoms with Crippen molar-refractivity contribution in [2.75, 3.05) is 20.3 Å². The van der Waals surface area contributed by atoms with Crippen LogP contribution in [-0.2, 0) is 16.0 Å². The Balaban J connectivity index is 2.54. The van der Waals surface area contributed by atoms with Gasteiger partial charge in [0.1, 0.15) is 19.0 Å². The van der Waals surface area contributed by atoms with Crippen LogP contribution in [0.5, 0.6) is 11.5 Å². The average molecular weight is 305 g/mol. The van der Waals surface area contributed by atoms with E-state index in [1.807, 2.05) is 6.07 Å². The lowest BCUT2D eigenvalue weighted by Gasteiger charge is -2.12. The number of terminal acetylenes is 1. The number of rotatable bonds is 9. The predicted molar refractivity (Wildman–Crippen MR) is 80.7 cm³/mol. The van der Waals surface area contributed by atoms with E-state index in [0.717, 1.165) is 5.56 Å². The smallest absolute Gasteiger partial charge is 0.249 e. The maximum Gasteiger partial charge on any atom is 0.249 e. The standard InChI is InChI=1S/C16H19NO5/c1-3-10-22-14-5-4-12(11-15(14)21-2)6-8-17-16(20)13(19)7-9-18/h1,4-5,9,11,13,19H,6-8,10H2,2H3,(H,17,20). The first kappa shape index (κ1) is 17.5. The van der Waals surface area contributed by atoms with Crippen LogP contribution in [-0.4, -0.2) is 43.7 Å². The fourth-order valence-corrected chi connectivity index (χ4v) is 1.75. The second-order valence-corrected chi connectivity index (χ2v) is 4.44. The highest BCUT2D eigenvalue weighted by molar-refractivity contribution is 5.82. The molecule has 0 radical (unpaired) electrons. The monoisotopic (exact) mass is 305 g/mol. The molecule has 0 heterocycles. The molecule has 22 heavy (non-hydrogen) atoms. The van der Waals surface area contributed by atoms with Gasteiger partial charge in [0.25, 0.3) is 0 Å². The van der Waals surface area contributed by atoms with E-state index in [-0.39, 0.29) is 13.0 Å². The Morgan fingerprint density at radius 2 is 2.27 bits per heavy atom. The number of aliphatic hydroxyl groups excluding tert-OH is 1. The molecular weight excluding hydrogens is 286 g/mol. The van der Waals surface area contributed by atoms with Crippen molar-refractivity contribution in [2.45, 2.75) is 18.9 Å². The number of amides is 1. The molecule has 0 bridgehead atoms. The van der Waals surface area contributed by atoms with Gasteiger partial charge in [-0.3, -0.25) is 4.79 Å². The molecule has 118 valence electrons. The molecule has 1 aromatic rings. The van der Waals surface area contributed by atoms with E-state index in [1.165, 1.54) is 7.11 Å². The van der Waals surface area contributed by atoms with Gasteiger partial charge in [-0.15, -0.1) is 6.42 Å². The Hall–Kier alpha value is -2.52. The molecule has 0 aliphatic heterocycles. The lowest BCUT2D eigenvalue weighted by molar-refractivity contribution is -0.131. The molecular formula is C16H19NO5. The normalized spacial score (nSPS) is 11.1. The summed E-state index contributed by atoms with van der Waals surface area (Å²) in [5.41, 5.74) is 0.926. The van der Waals surface area contributed by atoms with E-state index >= 15 is 0 Å². The highest BCUT2D eigenvalue weighted by Crippen LogP contribution is 2.28. The van der Waals surface area contributed by atoms with Crippen molar-refractivity contribution in [3.05, 3.63) is 23.8 Å². The third-order valence-corrected chi connectivity index (χ3v) is 2.87. The summed E-state index contributed by atoms with van der Waals surface area (Å²) in [4.78, 5) is 21.6. The first-order valence-electron chi connectivity index (χ1n) is 6.75. The fraction of sp³-hybridized carbons (Fsp3) is 0.375. The first-order valence-corrected chi connectivity index (χ1v) is 6.75. The van der Waals surface area contributed by atoms with Gasteiger partial charge < -0.3 is 24.7 Å². The van der Waals surface area contributed by atoms with Gasteiger partial charge in [-0.25, -0.2) is 0 Å². The first-order chi connectivity index (χ1) is 10.6. The molecule has 1 amide bonds. The zero-order valence-corrected chi connectivity index (χ0v) is 12.4. The third kappa shape index (κ3) is 5.46. The molecule has 0 fully saturated rings. The summed E-state index contributed by atoms with van der Waals surface area (Å²) in [7, 11) is 1.53. The Labute approximate surface area is 129 Å². The van der Waals surface area contributed by atoms with Gasteiger partial charge in [0.2, 0.25) is 5.91 Å². The number of carbonyl (C=O) groups excluding carboxylic acids is 2. The van der Waals surface area contributed by atoms with Gasteiger partial charge in [-0.05, 0) is 24.1 Å². The van der Waals surface area contributed by atoms with E-state index in [4.69, 9.17) is 15.9 Å². The van der Waals surface area contributed by atoms with Crippen molar-refractivity contribution in [3.63, 3.8) is 0 Å². The quantitative estimate of drug-likeness (QED) is 0.507. The van der Waals surface area contributed by atoms with E-state index < -0.39 is 12.0 Å². The SMILES string of the molecule is C#CCOc1ccc(CCNC(=O)C(O)CC=O)cc1OC. The van der Waals surface area contributed by atoms with Gasteiger partial charge in [0, 0.05) is 13.0 Å². The second kappa shape index (κ2) is 9.42.